The minimum Gasteiger partial charge on any atom is -0.485 e. The fourth-order valence-corrected chi connectivity index (χ4v) is 4.14. The number of hydrogen-bond donors (Lipinski definition) is 0. The number of amides is 4. The number of ether oxygens (including phenoxy) is 2. The van der Waals surface area contributed by atoms with Crippen molar-refractivity contribution >= 4 is 23.6 Å². The van der Waals surface area contributed by atoms with E-state index in [2.05, 4.69) is 0 Å². The van der Waals surface area contributed by atoms with E-state index in [9.17, 15) is 19.2 Å². The summed E-state index contributed by atoms with van der Waals surface area (Å²) in [7, 11) is 0. The largest absolute Gasteiger partial charge is 0.485 e. The molecule has 1 fully saturated rings. The molecule has 3 aliphatic heterocycles. The Bertz CT molecular complexity index is 1070. The second kappa shape index (κ2) is 7.99. The van der Waals surface area contributed by atoms with Crippen molar-refractivity contribution in [1.29, 1.82) is 0 Å². The van der Waals surface area contributed by atoms with Crippen molar-refractivity contribution in [2.75, 3.05) is 39.3 Å². The van der Waals surface area contributed by atoms with E-state index >= 15 is 0 Å². The Hall–Kier alpha value is -3.88. The van der Waals surface area contributed by atoms with Gasteiger partial charge in [0.2, 0.25) is 12.0 Å². The molecule has 0 N–H and O–H groups in total. The highest BCUT2D eigenvalue weighted by Crippen LogP contribution is 2.31. The van der Waals surface area contributed by atoms with Crippen LogP contribution in [0.4, 0.5) is 0 Å². The standard InChI is InChI=1S/C23H21N3O6/c27-20(13-26-21(28)15-5-1-2-6-16(15)22(26)29)24-9-11-25(12-10-24)23(30)19-14-31-17-7-3-4-8-18(17)32-19/h1-8,19H,9-14H2. The molecular weight excluding hydrogens is 414 g/mol. The molecule has 164 valence electrons. The number of carbonyl (C=O) groups is 4. The first-order valence-corrected chi connectivity index (χ1v) is 10.4. The summed E-state index contributed by atoms with van der Waals surface area (Å²) < 4.78 is 11.4. The SMILES string of the molecule is O=C(CN1C(=O)c2ccccc2C1=O)N1CCN(C(=O)C2COc3ccccc3O2)CC1. The molecule has 1 atom stereocenters. The lowest BCUT2D eigenvalue weighted by Crippen LogP contribution is -2.56. The van der Waals surface area contributed by atoms with Gasteiger partial charge in [-0.1, -0.05) is 24.3 Å². The van der Waals surface area contributed by atoms with Crippen LogP contribution in [0, 0.1) is 0 Å². The summed E-state index contributed by atoms with van der Waals surface area (Å²) in [5.41, 5.74) is 0.633. The molecule has 9 heteroatoms. The number of imide groups is 1. The first-order valence-electron chi connectivity index (χ1n) is 10.4. The van der Waals surface area contributed by atoms with Crippen molar-refractivity contribution < 1.29 is 28.7 Å². The van der Waals surface area contributed by atoms with Gasteiger partial charge < -0.3 is 19.3 Å². The number of nitrogens with zero attached hydrogens (tertiary/aromatic N) is 3. The molecule has 0 spiro atoms. The van der Waals surface area contributed by atoms with E-state index in [4.69, 9.17) is 9.47 Å². The maximum Gasteiger partial charge on any atom is 0.267 e. The molecule has 4 amide bonds. The van der Waals surface area contributed by atoms with E-state index in [1.54, 1.807) is 46.2 Å². The Morgan fingerprint density at radius 1 is 0.812 bits per heavy atom. The lowest BCUT2D eigenvalue weighted by atomic mass is 10.1. The topological polar surface area (TPSA) is 96.5 Å². The van der Waals surface area contributed by atoms with Crippen molar-refractivity contribution in [3.63, 3.8) is 0 Å². The maximum atomic E-state index is 12.8. The molecule has 2 aromatic carbocycles. The van der Waals surface area contributed by atoms with Gasteiger partial charge in [0.25, 0.3) is 17.7 Å². The molecule has 2 aromatic rings. The first kappa shape index (κ1) is 20.0. The van der Waals surface area contributed by atoms with Gasteiger partial charge >= 0.3 is 0 Å². The zero-order valence-corrected chi connectivity index (χ0v) is 17.2. The highest BCUT2D eigenvalue weighted by molar-refractivity contribution is 6.22. The predicted molar refractivity (Wildman–Crippen MR) is 111 cm³/mol. The van der Waals surface area contributed by atoms with Crippen LogP contribution in [0.25, 0.3) is 0 Å². The van der Waals surface area contributed by atoms with Crippen LogP contribution in [0.1, 0.15) is 20.7 Å². The first-order chi connectivity index (χ1) is 15.5. The third-order valence-electron chi connectivity index (χ3n) is 5.90. The summed E-state index contributed by atoms with van der Waals surface area (Å²) in [6.45, 7) is 1.14. The quantitative estimate of drug-likeness (QED) is 0.662. The van der Waals surface area contributed by atoms with Crippen LogP contribution in [-0.4, -0.2) is 83.8 Å². The average Bonchev–Trinajstić information content (AvgIpc) is 3.08. The minimum atomic E-state index is -0.731. The smallest absolute Gasteiger partial charge is 0.267 e. The Morgan fingerprint density at radius 3 is 2.03 bits per heavy atom. The van der Waals surface area contributed by atoms with Crippen molar-refractivity contribution in [2.24, 2.45) is 0 Å². The van der Waals surface area contributed by atoms with Gasteiger partial charge in [0.1, 0.15) is 13.2 Å². The third-order valence-corrected chi connectivity index (χ3v) is 5.90. The van der Waals surface area contributed by atoms with Gasteiger partial charge in [-0.05, 0) is 24.3 Å². The van der Waals surface area contributed by atoms with Crippen molar-refractivity contribution in [3.05, 3.63) is 59.7 Å². The Balaban J connectivity index is 1.16. The van der Waals surface area contributed by atoms with E-state index in [-0.39, 0.29) is 25.0 Å². The molecule has 0 saturated carbocycles. The van der Waals surface area contributed by atoms with E-state index in [0.717, 1.165) is 4.90 Å². The van der Waals surface area contributed by atoms with Crippen molar-refractivity contribution in [3.8, 4) is 11.5 Å². The lowest BCUT2D eigenvalue weighted by Gasteiger charge is -2.37. The molecule has 32 heavy (non-hydrogen) atoms. The maximum absolute atomic E-state index is 12.8. The van der Waals surface area contributed by atoms with Crippen LogP contribution in [0.5, 0.6) is 11.5 Å². The Labute approximate surface area is 184 Å². The Kier molecular flexibility index (Phi) is 5.01. The molecule has 0 aromatic heterocycles. The van der Waals surface area contributed by atoms with E-state index in [0.29, 0.717) is 48.8 Å². The van der Waals surface area contributed by atoms with Crippen LogP contribution in [0.15, 0.2) is 48.5 Å². The van der Waals surface area contributed by atoms with E-state index in [1.807, 2.05) is 12.1 Å². The molecule has 1 unspecified atom stereocenters. The third kappa shape index (κ3) is 3.45. The van der Waals surface area contributed by atoms with E-state index < -0.39 is 17.9 Å². The van der Waals surface area contributed by atoms with Gasteiger partial charge in [0.15, 0.2) is 11.5 Å². The van der Waals surface area contributed by atoms with Gasteiger partial charge in [-0.2, -0.15) is 0 Å². The summed E-state index contributed by atoms with van der Waals surface area (Å²) in [5.74, 6) is -0.276. The van der Waals surface area contributed by atoms with Crippen LogP contribution >= 0.6 is 0 Å². The molecular formula is C23H21N3O6. The average molecular weight is 435 g/mol. The highest BCUT2D eigenvalue weighted by Gasteiger charge is 2.38. The number of benzene rings is 2. The zero-order valence-electron chi connectivity index (χ0n) is 17.2. The van der Waals surface area contributed by atoms with Crippen LogP contribution in [0.3, 0.4) is 0 Å². The summed E-state index contributed by atoms with van der Waals surface area (Å²) in [4.78, 5) is 54.8. The fraction of sp³-hybridized carbons (Fsp3) is 0.304. The fourth-order valence-electron chi connectivity index (χ4n) is 4.14. The number of fused-ring (bicyclic) bond motifs is 2. The van der Waals surface area contributed by atoms with Crippen molar-refractivity contribution in [2.45, 2.75) is 6.10 Å². The normalized spacial score (nSPS) is 19.8. The zero-order chi connectivity index (χ0) is 22.2. The molecule has 0 radical (unpaired) electrons. The number of rotatable bonds is 3. The minimum absolute atomic E-state index is 0.134. The lowest BCUT2D eigenvalue weighted by molar-refractivity contribution is -0.146. The molecule has 9 nitrogen and oxygen atoms in total. The number of piperazine rings is 1. The summed E-state index contributed by atoms with van der Waals surface area (Å²) in [5, 5.41) is 0. The summed E-state index contributed by atoms with van der Waals surface area (Å²) in [6, 6.07) is 13.7. The molecule has 3 heterocycles. The van der Waals surface area contributed by atoms with Gasteiger partial charge in [-0.15, -0.1) is 0 Å². The van der Waals surface area contributed by atoms with Crippen LogP contribution in [0.2, 0.25) is 0 Å². The summed E-state index contributed by atoms with van der Waals surface area (Å²) in [6.07, 6.45) is -0.731. The molecule has 0 aliphatic carbocycles. The van der Waals surface area contributed by atoms with E-state index in [1.165, 1.54) is 0 Å². The second-order valence-electron chi connectivity index (χ2n) is 7.81. The molecule has 0 bridgehead atoms. The predicted octanol–water partition coefficient (Wildman–Crippen LogP) is 0.793. The Morgan fingerprint density at radius 2 is 1.38 bits per heavy atom. The second-order valence-corrected chi connectivity index (χ2v) is 7.81. The monoisotopic (exact) mass is 435 g/mol. The molecule has 1 saturated heterocycles. The van der Waals surface area contributed by atoms with Crippen LogP contribution < -0.4 is 9.47 Å². The van der Waals surface area contributed by atoms with Crippen molar-refractivity contribution in [1.82, 2.24) is 14.7 Å². The molecule has 3 aliphatic rings. The number of carbonyl (C=O) groups excluding carboxylic acids is 4. The van der Waals surface area contributed by atoms with Gasteiger partial charge in [0.05, 0.1) is 11.1 Å². The molecule has 5 rings (SSSR count). The number of hydrogen-bond acceptors (Lipinski definition) is 6. The summed E-state index contributed by atoms with van der Waals surface area (Å²) >= 11 is 0. The van der Waals surface area contributed by atoms with Gasteiger partial charge in [-0.25, -0.2) is 0 Å². The highest BCUT2D eigenvalue weighted by atomic mass is 16.6. The van der Waals surface area contributed by atoms with Gasteiger partial charge in [0, 0.05) is 26.2 Å². The number of para-hydroxylation sites is 2. The van der Waals surface area contributed by atoms with Crippen LogP contribution in [-0.2, 0) is 9.59 Å². The van der Waals surface area contributed by atoms with Gasteiger partial charge in [-0.3, -0.25) is 24.1 Å².